The van der Waals surface area contributed by atoms with Crippen LogP contribution in [0.5, 0.6) is 0 Å². The Morgan fingerprint density at radius 1 is 1.14 bits per heavy atom. The molecule has 6 nitrogen and oxygen atoms in total. The number of ketones is 1. The highest BCUT2D eigenvalue weighted by atomic mass is 32.2. The predicted octanol–water partition coefficient (Wildman–Crippen LogP) is 4.08. The second-order valence-corrected chi connectivity index (χ2v) is 7.70. The Morgan fingerprint density at radius 3 is 2.75 bits per heavy atom. The summed E-state index contributed by atoms with van der Waals surface area (Å²) in [6, 6.07) is 15.4. The van der Waals surface area contributed by atoms with E-state index in [9.17, 15) is 9.59 Å². The third-order valence-corrected chi connectivity index (χ3v) is 5.54. The Morgan fingerprint density at radius 2 is 1.96 bits per heavy atom. The number of rotatable bonds is 5. The molecular formula is C21H20N4O2S. The maximum Gasteiger partial charge on any atom is 0.271 e. The fraction of sp³-hybridized carbons (Fsp3) is 0.238. The number of para-hydroxylation sites is 2. The summed E-state index contributed by atoms with van der Waals surface area (Å²) in [4.78, 5) is 31.5. The molecule has 1 amide bonds. The minimum absolute atomic E-state index is 0.186. The topological polar surface area (TPSA) is 87.2 Å². The predicted molar refractivity (Wildman–Crippen MR) is 110 cm³/mol. The summed E-state index contributed by atoms with van der Waals surface area (Å²) in [7, 11) is 0. The molecule has 1 heterocycles. The van der Waals surface area contributed by atoms with Gasteiger partial charge in [-0.05, 0) is 42.7 Å². The number of H-pyrrole nitrogens is 1. The van der Waals surface area contributed by atoms with Crippen LogP contribution in [-0.2, 0) is 10.5 Å². The molecule has 0 atom stereocenters. The molecule has 7 heteroatoms. The summed E-state index contributed by atoms with van der Waals surface area (Å²) in [5.41, 5.74) is 6.94. The van der Waals surface area contributed by atoms with Crippen LogP contribution in [0.2, 0.25) is 0 Å². The van der Waals surface area contributed by atoms with Crippen LogP contribution >= 0.6 is 11.8 Å². The summed E-state index contributed by atoms with van der Waals surface area (Å²) in [5, 5.41) is 4.98. The second kappa shape index (κ2) is 8.39. The molecule has 1 aliphatic rings. The first-order valence-electron chi connectivity index (χ1n) is 9.21. The molecule has 0 radical (unpaired) electrons. The fourth-order valence-corrected chi connectivity index (χ4v) is 3.93. The van der Waals surface area contributed by atoms with Gasteiger partial charge in [-0.1, -0.05) is 36.0 Å². The molecule has 0 spiro atoms. The first kappa shape index (κ1) is 18.4. The smallest absolute Gasteiger partial charge is 0.271 e. The fourth-order valence-electron chi connectivity index (χ4n) is 3.09. The van der Waals surface area contributed by atoms with Gasteiger partial charge in [-0.25, -0.2) is 10.4 Å². The van der Waals surface area contributed by atoms with Gasteiger partial charge in [-0.3, -0.25) is 9.59 Å². The summed E-state index contributed by atoms with van der Waals surface area (Å²) in [6.07, 6.45) is 2.54. The zero-order chi connectivity index (χ0) is 19.3. The highest BCUT2D eigenvalue weighted by Gasteiger charge is 2.15. The number of nitrogens with zero attached hydrogens (tertiary/aromatic N) is 2. The largest absolute Gasteiger partial charge is 0.333 e. The molecule has 1 fully saturated rings. The number of carbonyl (C=O) groups excluding carboxylic acids is 2. The normalized spacial score (nSPS) is 15.9. The van der Waals surface area contributed by atoms with Gasteiger partial charge in [0.15, 0.2) is 5.16 Å². The van der Waals surface area contributed by atoms with E-state index in [0.29, 0.717) is 18.4 Å². The van der Waals surface area contributed by atoms with Crippen molar-refractivity contribution in [1.82, 2.24) is 15.4 Å². The highest BCUT2D eigenvalue weighted by Crippen LogP contribution is 2.23. The first-order valence-corrected chi connectivity index (χ1v) is 10.2. The van der Waals surface area contributed by atoms with Crippen LogP contribution in [0.1, 0.15) is 41.6 Å². The van der Waals surface area contributed by atoms with E-state index in [4.69, 9.17) is 0 Å². The zero-order valence-corrected chi connectivity index (χ0v) is 16.1. The summed E-state index contributed by atoms with van der Waals surface area (Å²) >= 11 is 1.62. The Hall–Kier alpha value is -2.93. The van der Waals surface area contributed by atoms with Crippen molar-refractivity contribution in [2.75, 3.05) is 0 Å². The molecule has 1 aromatic heterocycles. The average molecular weight is 392 g/mol. The molecule has 1 saturated carbocycles. The van der Waals surface area contributed by atoms with E-state index in [-0.39, 0.29) is 11.7 Å². The maximum atomic E-state index is 12.2. The van der Waals surface area contributed by atoms with Crippen molar-refractivity contribution < 1.29 is 9.59 Å². The molecule has 2 N–H and O–H groups in total. The van der Waals surface area contributed by atoms with Crippen molar-refractivity contribution in [3.8, 4) is 0 Å². The molecule has 2 aromatic carbocycles. The number of hydrazone groups is 1. The van der Waals surface area contributed by atoms with Gasteiger partial charge >= 0.3 is 0 Å². The monoisotopic (exact) mass is 392 g/mol. The number of amides is 1. The number of carbonyl (C=O) groups is 2. The number of Topliss-reactive ketones (excluding diaryl/α,β-unsaturated/α-hetero) is 1. The quantitative estimate of drug-likeness (QED) is 0.506. The van der Waals surface area contributed by atoms with Crippen LogP contribution in [-0.4, -0.2) is 27.4 Å². The van der Waals surface area contributed by atoms with Crippen molar-refractivity contribution in [2.24, 2.45) is 5.10 Å². The minimum atomic E-state index is -0.262. The summed E-state index contributed by atoms with van der Waals surface area (Å²) < 4.78 is 0. The van der Waals surface area contributed by atoms with Crippen molar-refractivity contribution in [3.05, 3.63) is 59.7 Å². The van der Waals surface area contributed by atoms with Gasteiger partial charge in [0.05, 0.1) is 11.0 Å². The summed E-state index contributed by atoms with van der Waals surface area (Å²) in [6.45, 7) is 0. The lowest BCUT2D eigenvalue weighted by Crippen LogP contribution is -2.22. The Bertz CT molecular complexity index is 1010. The summed E-state index contributed by atoms with van der Waals surface area (Å²) in [5.74, 6) is 0.680. The number of aromatic amines is 1. The van der Waals surface area contributed by atoms with E-state index in [2.05, 4.69) is 20.5 Å². The van der Waals surface area contributed by atoms with Gasteiger partial charge < -0.3 is 4.98 Å². The van der Waals surface area contributed by atoms with Crippen molar-refractivity contribution >= 4 is 40.2 Å². The molecule has 0 bridgehead atoms. The average Bonchev–Trinajstić information content (AvgIpc) is 3.14. The van der Waals surface area contributed by atoms with Crippen molar-refractivity contribution in [2.45, 2.75) is 36.6 Å². The third kappa shape index (κ3) is 4.48. The lowest BCUT2D eigenvalue weighted by atomic mass is 9.97. The number of benzene rings is 2. The van der Waals surface area contributed by atoms with Crippen molar-refractivity contribution in [1.29, 1.82) is 0 Å². The molecule has 0 aliphatic heterocycles. The zero-order valence-electron chi connectivity index (χ0n) is 15.3. The maximum absolute atomic E-state index is 12.2. The molecular weight excluding hydrogens is 372 g/mol. The molecule has 142 valence electrons. The van der Waals surface area contributed by atoms with Gasteiger partial charge in [-0.2, -0.15) is 5.10 Å². The van der Waals surface area contributed by atoms with E-state index in [1.807, 2.05) is 36.4 Å². The number of thioether (sulfide) groups is 1. The van der Waals surface area contributed by atoms with Gasteiger partial charge in [0.2, 0.25) is 0 Å². The molecule has 3 aromatic rings. The Kier molecular flexibility index (Phi) is 5.53. The van der Waals surface area contributed by atoms with Crippen LogP contribution in [0.3, 0.4) is 0 Å². The number of hydrogen-bond donors (Lipinski definition) is 2. The Labute approximate surface area is 166 Å². The van der Waals surface area contributed by atoms with Gasteiger partial charge in [0, 0.05) is 29.9 Å². The van der Waals surface area contributed by atoms with E-state index in [1.54, 1.807) is 23.9 Å². The van der Waals surface area contributed by atoms with Crippen LogP contribution in [0.25, 0.3) is 11.0 Å². The van der Waals surface area contributed by atoms with Crippen LogP contribution in [0, 0.1) is 0 Å². The van der Waals surface area contributed by atoms with E-state index >= 15 is 0 Å². The van der Waals surface area contributed by atoms with E-state index in [0.717, 1.165) is 46.1 Å². The van der Waals surface area contributed by atoms with Crippen LogP contribution in [0.15, 0.2) is 58.8 Å². The highest BCUT2D eigenvalue weighted by molar-refractivity contribution is 7.98. The molecule has 0 unspecified atom stereocenters. The number of hydrogen-bond acceptors (Lipinski definition) is 5. The number of imidazole rings is 1. The molecule has 4 rings (SSSR count). The lowest BCUT2D eigenvalue weighted by Gasteiger charge is -2.11. The number of aromatic nitrogens is 2. The van der Waals surface area contributed by atoms with Gasteiger partial charge in [0.25, 0.3) is 5.91 Å². The molecule has 1 aliphatic carbocycles. The van der Waals surface area contributed by atoms with Crippen LogP contribution < -0.4 is 5.43 Å². The molecule has 0 saturated heterocycles. The first-order chi connectivity index (χ1) is 13.7. The second-order valence-electron chi connectivity index (χ2n) is 6.73. The number of fused-ring (bicyclic) bond motifs is 1. The van der Waals surface area contributed by atoms with Gasteiger partial charge in [0.1, 0.15) is 5.78 Å². The SMILES string of the molecule is O=C1CCC/C(=N/NC(=O)c2ccc(CSc3nc4ccccc4[nH]3)cc2)C1. The molecule has 28 heavy (non-hydrogen) atoms. The van der Waals surface area contributed by atoms with Gasteiger partial charge in [-0.15, -0.1) is 0 Å². The van der Waals surface area contributed by atoms with Crippen molar-refractivity contribution in [3.63, 3.8) is 0 Å². The minimum Gasteiger partial charge on any atom is -0.333 e. The standard InChI is InChI=1S/C21H20N4O2S/c26-17-5-3-4-16(12-17)24-25-20(27)15-10-8-14(9-11-15)13-28-21-22-18-6-1-2-7-19(18)23-21/h1-2,6-11H,3-5,12-13H2,(H,22,23)(H,25,27)/b24-16-. The van der Waals surface area contributed by atoms with E-state index < -0.39 is 0 Å². The van der Waals surface area contributed by atoms with E-state index in [1.165, 1.54) is 0 Å². The van der Waals surface area contributed by atoms with Crippen LogP contribution in [0.4, 0.5) is 0 Å². The Balaban J connectivity index is 1.33. The third-order valence-electron chi connectivity index (χ3n) is 4.60. The number of nitrogens with one attached hydrogen (secondary N) is 2. The lowest BCUT2D eigenvalue weighted by molar-refractivity contribution is -0.118.